The molecular formula is C19H27ClN2O. The van der Waals surface area contributed by atoms with E-state index in [1.54, 1.807) is 0 Å². The quantitative estimate of drug-likeness (QED) is 0.921. The first-order valence-corrected chi connectivity index (χ1v) is 8.76. The number of piperidine rings is 1. The number of rotatable bonds is 3. The summed E-state index contributed by atoms with van der Waals surface area (Å²) in [6.07, 6.45) is 6.74. The van der Waals surface area contributed by atoms with Crippen LogP contribution in [0, 0.1) is 10.8 Å². The van der Waals surface area contributed by atoms with Gasteiger partial charge in [-0.25, -0.2) is 0 Å². The molecule has 23 heavy (non-hydrogen) atoms. The molecular weight excluding hydrogens is 308 g/mol. The Kier molecular flexibility index (Phi) is 4.70. The number of likely N-dealkylation sites (tertiary alicyclic amines) is 1. The van der Waals surface area contributed by atoms with Gasteiger partial charge in [-0.15, -0.1) is 12.4 Å². The summed E-state index contributed by atoms with van der Waals surface area (Å²) < 4.78 is 0. The second-order valence-corrected chi connectivity index (χ2v) is 7.66. The van der Waals surface area contributed by atoms with Crippen molar-refractivity contribution in [2.45, 2.75) is 38.5 Å². The molecule has 4 rings (SSSR count). The number of hydrogen-bond donors (Lipinski definition) is 1. The number of benzene rings is 1. The van der Waals surface area contributed by atoms with Gasteiger partial charge in [-0.3, -0.25) is 4.79 Å². The minimum absolute atomic E-state index is 0. The van der Waals surface area contributed by atoms with Gasteiger partial charge in [0.25, 0.3) is 0 Å². The molecule has 1 aliphatic carbocycles. The Morgan fingerprint density at radius 1 is 1.04 bits per heavy atom. The Bertz CT molecular complexity index is 540. The van der Waals surface area contributed by atoms with Gasteiger partial charge in [0, 0.05) is 19.6 Å². The van der Waals surface area contributed by atoms with Crippen molar-refractivity contribution in [1.82, 2.24) is 10.2 Å². The van der Waals surface area contributed by atoms with E-state index in [-0.39, 0.29) is 17.8 Å². The fourth-order valence-corrected chi connectivity index (χ4v) is 4.35. The fraction of sp³-hybridized carbons (Fsp3) is 0.632. The molecule has 126 valence electrons. The van der Waals surface area contributed by atoms with Crippen LogP contribution in [0.4, 0.5) is 0 Å². The van der Waals surface area contributed by atoms with Crippen LogP contribution in [0.1, 0.15) is 37.7 Å². The average Bonchev–Trinajstić information content (AvgIpc) is 3.20. The second kappa shape index (κ2) is 6.45. The summed E-state index contributed by atoms with van der Waals surface area (Å²) in [5.41, 5.74) is 1.73. The number of amides is 1. The lowest BCUT2D eigenvalue weighted by atomic mass is 9.77. The van der Waals surface area contributed by atoms with Crippen molar-refractivity contribution in [3.63, 3.8) is 0 Å². The van der Waals surface area contributed by atoms with E-state index in [2.05, 4.69) is 34.5 Å². The Morgan fingerprint density at radius 3 is 2.30 bits per heavy atom. The number of nitrogens with one attached hydrogen (secondary N) is 1. The molecule has 1 spiro atoms. The number of hydrogen-bond acceptors (Lipinski definition) is 2. The summed E-state index contributed by atoms with van der Waals surface area (Å²) in [4.78, 5) is 15.2. The normalized spacial score (nSPS) is 24.3. The number of nitrogens with zero attached hydrogens (tertiary/aromatic N) is 1. The van der Waals surface area contributed by atoms with Crippen LogP contribution in [0.2, 0.25) is 0 Å². The van der Waals surface area contributed by atoms with Crippen molar-refractivity contribution >= 4 is 18.3 Å². The zero-order chi connectivity index (χ0) is 15.0. The van der Waals surface area contributed by atoms with Crippen LogP contribution in [-0.4, -0.2) is 37.0 Å². The second-order valence-electron chi connectivity index (χ2n) is 7.66. The third-order valence-corrected chi connectivity index (χ3v) is 6.14. The third-order valence-electron chi connectivity index (χ3n) is 6.14. The molecule has 3 aliphatic rings. The number of carbonyl (C=O) groups excluding carboxylic acids is 1. The highest BCUT2D eigenvalue weighted by Gasteiger charge is 2.52. The van der Waals surface area contributed by atoms with E-state index < -0.39 is 0 Å². The Morgan fingerprint density at radius 2 is 1.74 bits per heavy atom. The van der Waals surface area contributed by atoms with E-state index in [4.69, 9.17) is 0 Å². The zero-order valence-electron chi connectivity index (χ0n) is 13.7. The van der Waals surface area contributed by atoms with Crippen molar-refractivity contribution < 1.29 is 4.79 Å². The lowest BCUT2D eigenvalue weighted by molar-refractivity contribution is -0.139. The zero-order valence-corrected chi connectivity index (χ0v) is 14.5. The lowest BCUT2D eigenvalue weighted by Crippen LogP contribution is -2.47. The third kappa shape index (κ3) is 3.27. The van der Waals surface area contributed by atoms with Crippen molar-refractivity contribution in [3.8, 4) is 0 Å². The van der Waals surface area contributed by atoms with E-state index in [1.807, 2.05) is 6.07 Å². The molecule has 1 N–H and O–H groups in total. The molecule has 1 amide bonds. The molecule has 2 saturated heterocycles. The minimum atomic E-state index is -0.0697. The molecule has 3 nitrogen and oxygen atoms in total. The predicted octanol–water partition coefficient (Wildman–Crippen LogP) is 3.03. The summed E-state index contributed by atoms with van der Waals surface area (Å²) in [7, 11) is 0. The van der Waals surface area contributed by atoms with E-state index in [0.717, 1.165) is 45.4 Å². The Labute approximate surface area is 145 Å². The van der Waals surface area contributed by atoms with E-state index >= 15 is 0 Å². The van der Waals surface area contributed by atoms with Crippen LogP contribution in [0.25, 0.3) is 0 Å². The molecule has 0 aromatic heterocycles. The molecule has 3 fully saturated rings. The van der Waals surface area contributed by atoms with Crippen LogP contribution >= 0.6 is 12.4 Å². The SMILES string of the molecule is Cl.O=C(N1CCC2(CCNC2)CC1)C1(Cc2ccccc2)CC1. The first-order valence-electron chi connectivity index (χ1n) is 8.76. The number of carbonyl (C=O) groups is 1. The minimum Gasteiger partial charge on any atom is -0.342 e. The van der Waals surface area contributed by atoms with Gasteiger partial charge in [-0.05, 0) is 56.0 Å². The van der Waals surface area contributed by atoms with Crippen LogP contribution in [0.5, 0.6) is 0 Å². The largest absolute Gasteiger partial charge is 0.342 e. The summed E-state index contributed by atoms with van der Waals surface area (Å²) >= 11 is 0. The molecule has 0 unspecified atom stereocenters. The van der Waals surface area contributed by atoms with Crippen molar-refractivity contribution in [2.24, 2.45) is 10.8 Å². The highest BCUT2D eigenvalue weighted by Crippen LogP contribution is 2.50. The smallest absolute Gasteiger partial charge is 0.229 e. The monoisotopic (exact) mass is 334 g/mol. The first kappa shape index (κ1) is 16.8. The van der Waals surface area contributed by atoms with Gasteiger partial charge in [-0.2, -0.15) is 0 Å². The maximum atomic E-state index is 13.0. The van der Waals surface area contributed by atoms with E-state index in [0.29, 0.717) is 11.3 Å². The molecule has 0 radical (unpaired) electrons. The van der Waals surface area contributed by atoms with Gasteiger partial charge in [0.2, 0.25) is 5.91 Å². The van der Waals surface area contributed by atoms with Gasteiger partial charge in [0.1, 0.15) is 0 Å². The molecule has 2 aliphatic heterocycles. The standard InChI is InChI=1S/C19H26N2O.ClH/c22-17(19(6-7-19)14-16-4-2-1-3-5-16)21-12-9-18(10-13-21)8-11-20-15-18;/h1-5,20H,6-15H2;1H. The summed E-state index contributed by atoms with van der Waals surface area (Å²) in [6, 6.07) is 10.5. The molecule has 0 bridgehead atoms. The van der Waals surface area contributed by atoms with Gasteiger partial charge >= 0.3 is 0 Å². The van der Waals surface area contributed by atoms with Crippen LogP contribution in [0.3, 0.4) is 0 Å². The van der Waals surface area contributed by atoms with E-state index in [9.17, 15) is 4.79 Å². The molecule has 1 aromatic carbocycles. The number of halogens is 1. The maximum Gasteiger partial charge on any atom is 0.229 e. The summed E-state index contributed by atoms with van der Waals surface area (Å²) in [5.74, 6) is 0.428. The van der Waals surface area contributed by atoms with Crippen molar-refractivity contribution in [1.29, 1.82) is 0 Å². The predicted molar refractivity (Wildman–Crippen MR) is 94.8 cm³/mol. The molecule has 1 saturated carbocycles. The summed E-state index contributed by atoms with van der Waals surface area (Å²) in [5, 5.41) is 3.50. The molecule has 2 heterocycles. The van der Waals surface area contributed by atoms with Crippen molar-refractivity contribution in [3.05, 3.63) is 35.9 Å². The molecule has 4 heteroatoms. The Balaban J connectivity index is 0.00000156. The van der Waals surface area contributed by atoms with Crippen molar-refractivity contribution in [2.75, 3.05) is 26.2 Å². The maximum absolute atomic E-state index is 13.0. The van der Waals surface area contributed by atoms with Gasteiger partial charge in [-0.1, -0.05) is 30.3 Å². The van der Waals surface area contributed by atoms with Crippen LogP contribution in [0.15, 0.2) is 30.3 Å². The average molecular weight is 335 g/mol. The highest BCUT2D eigenvalue weighted by atomic mass is 35.5. The molecule has 1 aromatic rings. The van der Waals surface area contributed by atoms with Crippen LogP contribution < -0.4 is 5.32 Å². The topological polar surface area (TPSA) is 32.3 Å². The lowest BCUT2D eigenvalue weighted by Gasteiger charge is -2.40. The van der Waals surface area contributed by atoms with Gasteiger partial charge in [0.15, 0.2) is 0 Å². The van der Waals surface area contributed by atoms with Gasteiger partial charge in [0.05, 0.1) is 5.41 Å². The molecule has 0 atom stereocenters. The van der Waals surface area contributed by atoms with Gasteiger partial charge < -0.3 is 10.2 Å². The fourth-order valence-electron chi connectivity index (χ4n) is 4.35. The highest BCUT2D eigenvalue weighted by molar-refractivity contribution is 5.86. The van der Waals surface area contributed by atoms with E-state index in [1.165, 1.54) is 24.8 Å². The Hall–Kier alpha value is -1.06. The van der Waals surface area contributed by atoms with Crippen LogP contribution in [-0.2, 0) is 11.2 Å². The first-order chi connectivity index (χ1) is 10.7. The summed E-state index contributed by atoms with van der Waals surface area (Å²) in [6.45, 7) is 4.25.